The second-order valence-corrected chi connectivity index (χ2v) is 8.43. The first-order valence-electron chi connectivity index (χ1n) is 11.9. The Balaban J connectivity index is 1.25. The fourth-order valence-electron chi connectivity index (χ4n) is 3.91. The van der Waals surface area contributed by atoms with E-state index in [1.165, 1.54) is 5.56 Å². The molecule has 188 valence electrons. The van der Waals surface area contributed by atoms with Gasteiger partial charge < -0.3 is 24.8 Å². The van der Waals surface area contributed by atoms with Crippen LogP contribution < -0.4 is 20.1 Å². The molecule has 0 spiro atoms. The third-order valence-corrected chi connectivity index (χ3v) is 5.90. The van der Waals surface area contributed by atoms with Crippen molar-refractivity contribution in [1.82, 2.24) is 10.2 Å². The number of morpholine rings is 1. The number of methoxy groups -OCH3 is 1. The number of carbonyl (C=O) groups is 2. The highest BCUT2D eigenvalue weighted by atomic mass is 16.5. The van der Waals surface area contributed by atoms with Crippen molar-refractivity contribution >= 4 is 17.5 Å². The van der Waals surface area contributed by atoms with Gasteiger partial charge in [-0.3, -0.25) is 14.5 Å². The molecule has 1 aliphatic rings. The van der Waals surface area contributed by atoms with E-state index in [-0.39, 0.29) is 18.4 Å². The molecular weight excluding hydrogens is 458 g/mol. The van der Waals surface area contributed by atoms with Crippen LogP contribution in [0.4, 0.5) is 5.69 Å². The van der Waals surface area contributed by atoms with E-state index >= 15 is 0 Å². The molecule has 0 aliphatic carbocycles. The Labute approximate surface area is 211 Å². The summed E-state index contributed by atoms with van der Waals surface area (Å²) in [4.78, 5) is 27.2. The predicted octanol–water partition coefficient (Wildman–Crippen LogP) is 3.47. The smallest absolute Gasteiger partial charge is 0.262 e. The number of hydrogen-bond donors (Lipinski definition) is 2. The van der Waals surface area contributed by atoms with Gasteiger partial charge in [0.25, 0.3) is 11.8 Å². The number of anilines is 1. The highest BCUT2D eigenvalue weighted by molar-refractivity contribution is 5.94. The van der Waals surface area contributed by atoms with Crippen LogP contribution in [0, 0.1) is 0 Å². The SMILES string of the molecule is COc1cccc(NC(=O)COc2ccc(C(=O)NCc3ccccc3CN3CCOCC3)cc2)c1. The topological polar surface area (TPSA) is 89.1 Å². The molecular formula is C28H31N3O5. The number of carbonyl (C=O) groups excluding carboxylic acids is 2. The highest BCUT2D eigenvalue weighted by Gasteiger charge is 2.14. The standard InChI is InChI=1S/C28H31N3O5/c1-34-26-8-4-7-24(17-26)30-27(32)20-36-25-11-9-21(10-12-25)28(33)29-18-22-5-2-3-6-23(22)19-31-13-15-35-16-14-31/h2-12,17H,13-16,18-20H2,1H3,(H,29,33)(H,30,32). The normalized spacial score (nSPS) is 13.6. The molecule has 36 heavy (non-hydrogen) atoms. The molecule has 0 atom stereocenters. The van der Waals surface area contributed by atoms with Crippen molar-refractivity contribution in [2.45, 2.75) is 13.1 Å². The predicted molar refractivity (Wildman–Crippen MR) is 137 cm³/mol. The van der Waals surface area contributed by atoms with Crippen LogP contribution in [0.2, 0.25) is 0 Å². The molecule has 0 radical (unpaired) electrons. The van der Waals surface area contributed by atoms with E-state index in [9.17, 15) is 9.59 Å². The molecule has 0 aromatic heterocycles. The fraction of sp³-hybridized carbons (Fsp3) is 0.286. The van der Waals surface area contributed by atoms with Gasteiger partial charge >= 0.3 is 0 Å². The van der Waals surface area contributed by atoms with Crippen LogP contribution in [0.3, 0.4) is 0 Å². The molecule has 0 unspecified atom stereocenters. The molecule has 1 saturated heterocycles. The van der Waals surface area contributed by atoms with Crippen LogP contribution in [-0.2, 0) is 22.6 Å². The van der Waals surface area contributed by atoms with Gasteiger partial charge in [-0.25, -0.2) is 0 Å². The van der Waals surface area contributed by atoms with Gasteiger partial charge in [0.15, 0.2) is 6.61 Å². The number of rotatable bonds is 10. The molecule has 8 heteroatoms. The Morgan fingerprint density at radius 1 is 0.917 bits per heavy atom. The molecule has 0 bridgehead atoms. The fourth-order valence-corrected chi connectivity index (χ4v) is 3.91. The summed E-state index contributed by atoms with van der Waals surface area (Å²) in [5.74, 6) is 0.700. The first-order chi connectivity index (χ1) is 17.6. The Hall–Kier alpha value is -3.88. The lowest BCUT2D eigenvalue weighted by molar-refractivity contribution is -0.118. The number of benzene rings is 3. The summed E-state index contributed by atoms with van der Waals surface area (Å²) in [5.41, 5.74) is 3.45. The Morgan fingerprint density at radius 2 is 1.67 bits per heavy atom. The molecule has 2 amide bonds. The van der Waals surface area contributed by atoms with Crippen molar-refractivity contribution in [1.29, 1.82) is 0 Å². The minimum Gasteiger partial charge on any atom is -0.497 e. The number of amides is 2. The highest BCUT2D eigenvalue weighted by Crippen LogP contribution is 2.17. The van der Waals surface area contributed by atoms with Gasteiger partial charge in [-0.05, 0) is 47.5 Å². The van der Waals surface area contributed by atoms with Crippen LogP contribution in [-0.4, -0.2) is 56.7 Å². The molecule has 1 heterocycles. The maximum Gasteiger partial charge on any atom is 0.262 e. The third kappa shape index (κ3) is 7.31. The van der Waals surface area contributed by atoms with Crippen LogP contribution >= 0.6 is 0 Å². The molecule has 1 fully saturated rings. The van der Waals surface area contributed by atoms with E-state index in [1.54, 1.807) is 55.6 Å². The summed E-state index contributed by atoms with van der Waals surface area (Å²) < 4.78 is 16.1. The summed E-state index contributed by atoms with van der Waals surface area (Å²) >= 11 is 0. The van der Waals surface area contributed by atoms with Gasteiger partial charge in [0.05, 0.1) is 20.3 Å². The molecule has 4 rings (SSSR count). The zero-order valence-electron chi connectivity index (χ0n) is 20.4. The van der Waals surface area contributed by atoms with Crippen molar-refractivity contribution < 1.29 is 23.8 Å². The molecule has 0 saturated carbocycles. The Morgan fingerprint density at radius 3 is 2.42 bits per heavy atom. The quantitative estimate of drug-likeness (QED) is 0.453. The summed E-state index contributed by atoms with van der Waals surface area (Å²) in [5, 5.41) is 5.76. The average Bonchev–Trinajstić information content (AvgIpc) is 2.92. The van der Waals surface area contributed by atoms with Crippen molar-refractivity contribution in [2.75, 3.05) is 45.3 Å². The van der Waals surface area contributed by atoms with E-state index < -0.39 is 0 Å². The minimum atomic E-state index is -0.291. The lowest BCUT2D eigenvalue weighted by Gasteiger charge is -2.27. The number of nitrogens with zero attached hydrogens (tertiary/aromatic N) is 1. The zero-order valence-corrected chi connectivity index (χ0v) is 20.4. The van der Waals surface area contributed by atoms with Crippen LogP contribution in [0.15, 0.2) is 72.8 Å². The first kappa shape index (κ1) is 25.2. The Bertz CT molecular complexity index is 1160. The van der Waals surface area contributed by atoms with E-state index in [0.29, 0.717) is 29.3 Å². The van der Waals surface area contributed by atoms with Crippen LogP contribution in [0.1, 0.15) is 21.5 Å². The van der Waals surface area contributed by atoms with E-state index in [1.807, 2.05) is 18.2 Å². The van der Waals surface area contributed by atoms with Gasteiger partial charge in [-0.1, -0.05) is 30.3 Å². The Kier molecular flexibility index (Phi) is 8.91. The van der Waals surface area contributed by atoms with Crippen LogP contribution in [0.5, 0.6) is 11.5 Å². The maximum atomic E-state index is 12.7. The van der Waals surface area contributed by atoms with E-state index in [0.717, 1.165) is 38.4 Å². The van der Waals surface area contributed by atoms with Gasteiger partial charge in [0.2, 0.25) is 0 Å². The van der Waals surface area contributed by atoms with Gasteiger partial charge in [0, 0.05) is 43.5 Å². The third-order valence-electron chi connectivity index (χ3n) is 5.90. The molecule has 3 aromatic rings. The lowest BCUT2D eigenvalue weighted by Crippen LogP contribution is -2.36. The van der Waals surface area contributed by atoms with Gasteiger partial charge in [-0.2, -0.15) is 0 Å². The first-order valence-corrected chi connectivity index (χ1v) is 11.9. The van der Waals surface area contributed by atoms with Gasteiger partial charge in [0.1, 0.15) is 11.5 Å². The lowest BCUT2D eigenvalue weighted by atomic mass is 10.1. The molecule has 8 nitrogen and oxygen atoms in total. The second kappa shape index (κ2) is 12.7. The minimum absolute atomic E-state index is 0.150. The molecule has 2 N–H and O–H groups in total. The van der Waals surface area contributed by atoms with E-state index in [4.69, 9.17) is 14.2 Å². The summed E-state index contributed by atoms with van der Waals surface area (Å²) in [6.45, 7) is 4.48. The van der Waals surface area contributed by atoms with Crippen molar-refractivity contribution in [3.05, 3.63) is 89.5 Å². The van der Waals surface area contributed by atoms with E-state index in [2.05, 4.69) is 21.6 Å². The van der Waals surface area contributed by atoms with Crippen LogP contribution in [0.25, 0.3) is 0 Å². The summed E-state index contributed by atoms with van der Waals surface area (Å²) in [6, 6.07) is 22.0. The monoisotopic (exact) mass is 489 g/mol. The summed E-state index contributed by atoms with van der Waals surface area (Å²) in [6.07, 6.45) is 0. The molecule has 3 aromatic carbocycles. The number of ether oxygens (including phenoxy) is 3. The number of nitrogens with one attached hydrogen (secondary N) is 2. The second-order valence-electron chi connectivity index (χ2n) is 8.43. The van der Waals surface area contributed by atoms with Crippen molar-refractivity contribution in [2.24, 2.45) is 0 Å². The molecule has 1 aliphatic heterocycles. The van der Waals surface area contributed by atoms with Gasteiger partial charge in [-0.15, -0.1) is 0 Å². The van der Waals surface area contributed by atoms with Crippen molar-refractivity contribution in [3.63, 3.8) is 0 Å². The largest absolute Gasteiger partial charge is 0.497 e. The average molecular weight is 490 g/mol. The zero-order chi connectivity index (χ0) is 25.2. The maximum absolute atomic E-state index is 12.7. The summed E-state index contributed by atoms with van der Waals surface area (Å²) in [7, 11) is 1.57. The number of hydrogen-bond acceptors (Lipinski definition) is 6. The van der Waals surface area contributed by atoms with Crippen molar-refractivity contribution in [3.8, 4) is 11.5 Å².